The Labute approximate surface area is 142 Å². The van der Waals surface area contributed by atoms with Crippen LogP contribution in [0.25, 0.3) is 6.08 Å². The van der Waals surface area contributed by atoms with E-state index in [0.29, 0.717) is 12.2 Å². The predicted octanol–water partition coefficient (Wildman–Crippen LogP) is 3.16. The van der Waals surface area contributed by atoms with Gasteiger partial charge in [-0.1, -0.05) is 12.1 Å². The van der Waals surface area contributed by atoms with E-state index in [4.69, 9.17) is 4.74 Å². The predicted molar refractivity (Wildman–Crippen MR) is 89.0 cm³/mol. The third-order valence-corrected chi connectivity index (χ3v) is 3.79. The van der Waals surface area contributed by atoms with Crippen LogP contribution in [0.15, 0.2) is 42.0 Å². The van der Waals surface area contributed by atoms with Crippen molar-refractivity contribution in [3.8, 4) is 11.5 Å². The highest BCUT2D eigenvalue weighted by molar-refractivity contribution is 6.42. The number of phenolic OH excluding ortho intramolecular Hbond substituents is 1. The molecule has 0 amide bonds. The Morgan fingerprint density at radius 2 is 1.96 bits per heavy atom. The molecule has 7 nitrogen and oxygen atoms in total. The lowest BCUT2D eigenvalue weighted by atomic mass is 10.1. The lowest BCUT2D eigenvalue weighted by Gasteiger charge is -2.06. The summed E-state index contributed by atoms with van der Waals surface area (Å²) in [6.45, 7) is 2.09. The first-order valence-electron chi connectivity index (χ1n) is 7.48. The van der Waals surface area contributed by atoms with Gasteiger partial charge in [0.25, 0.3) is 5.69 Å². The molecular weight excluding hydrogens is 326 g/mol. The highest BCUT2D eigenvalue weighted by Crippen LogP contribution is 2.35. The van der Waals surface area contributed by atoms with Gasteiger partial charge in [0.2, 0.25) is 5.78 Å². The second-order valence-electron chi connectivity index (χ2n) is 5.33. The third kappa shape index (κ3) is 2.76. The molecule has 0 unspecified atom stereocenters. The summed E-state index contributed by atoms with van der Waals surface area (Å²) in [6.07, 6.45) is 1.34. The number of hydrogen-bond donors (Lipinski definition) is 1. The Bertz CT molecular complexity index is 945. The van der Waals surface area contributed by atoms with E-state index in [9.17, 15) is 24.8 Å². The molecule has 0 radical (unpaired) electrons. The molecule has 0 aromatic heterocycles. The molecule has 3 rings (SSSR count). The number of hydrogen-bond acceptors (Lipinski definition) is 6. The zero-order valence-electron chi connectivity index (χ0n) is 13.2. The number of Topliss-reactive ketones (excluding diaryl/α,β-unsaturated/α-hetero) is 2. The van der Waals surface area contributed by atoms with Crippen molar-refractivity contribution in [2.45, 2.75) is 6.92 Å². The monoisotopic (exact) mass is 339 g/mol. The Morgan fingerprint density at radius 1 is 1.20 bits per heavy atom. The van der Waals surface area contributed by atoms with Gasteiger partial charge in [-0.3, -0.25) is 19.7 Å². The molecule has 0 bridgehead atoms. The fourth-order valence-corrected chi connectivity index (χ4v) is 2.69. The largest absolute Gasteiger partial charge is 0.504 e. The third-order valence-electron chi connectivity index (χ3n) is 3.79. The molecule has 0 atom stereocenters. The van der Waals surface area contributed by atoms with Crippen LogP contribution in [0.5, 0.6) is 11.5 Å². The van der Waals surface area contributed by atoms with E-state index in [1.54, 1.807) is 6.92 Å². The van der Waals surface area contributed by atoms with E-state index >= 15 is 0 Å². The quantitative estimate of drug-likeness (QED) is 0.397. The molecule has 25 heavy (non-hydrogen) atoms. The lowest BCUT2D eigenvalue weighted by molar-refractivity contribution is -0.385. The van der Waals surface area contributed by atoms with Crippen LogP contribution in [0.3, 0.4) is 0 Å². The molecule has 1 N–H and O–H groups in total. The number of nitro benzene ring substituents is 1. The highest BCUT2D eigenvalue weighted by Gasteiger charge is 2.38. The van der Waals surface area contributed by atoms with Crippen LogP contribution in [0.2, 0.25) is 0 Å². The number of nitrogens with zero attached hydrogens (tertiary/aromatic N) is 1. The summed E-state index contributed by atoms with van der Waals surface area (Å²) in [5.74, 6) is -1.08. The topological polar surface area (TPSA) is 107 Å². The van der Waals surface area contributed by atoms with E-state index in [0.717, 1.165) is 0 Å². The molecule has 0 saturated heterocycles. The number of allylic oxidation sites excluding steroid dienone is 1. The second-order valence-corrected chi connectivity index (χ2v) is 5.33. The number of phenols is 1. The van der Waals surface area contributed by atoms with E-state index in [1.165, 1.54) is 42.5 Å². The molecule has 0 spiro atoms. The van der Waals surface area contributed by atoms with Crippen LogP contribution in [0.1, 0.15) is 33.2 Å². The van der Waals surface area contributed by atoms with Gasteiger partial charge in [-0.15, -0.1) is 0 Å². The first-order chi connectivity index (χ1) is 11.9. The second kappa shape index (κ2) is 6.20. The van der Waals surface area contributed by atoms with Gasteiger partial charge in [-0.2, -0.15) is 0 Å². The van der Waals surface area contributed by atoms with Crippen molar-refractivity contribution >= 4 is 23.3 Å². The van der Waals surface area contributed by atoms with Crippen molar-refractivity contribution in [2.75, 3.05) is 6.61 Å². The summed E-state index contributed by atoms with van der Waals surface area (Å²) in [5, 5.41) is 20.8. The lowest BCUT2D eigenvalue weighted by Crippen LogP contribution is -2.02. The molecule has 2 aromatic rings. The average molecular weight is 339 g/mol. The van der Waals surface area contributed by atoms with Crippen molar-refractivity contribution in [1.82, 2.24) is 0 Å². The number of ether oxygens (including phenoxy) is 1. The minimum Gasteiger partial charge on any atom is -0.504 e. The number of benzene rings is 2. The molecule has 0 saturated carbocycles. The molecule has 2 aromatic carbocycles. The van der Waals surface area contributed by atoms with Crippen molar-refractivity contribution in [2.24, 2.45) is 0 Å². The van der Waals surface area contributed by atoms with Gasteiger partial charge in [0.1, 0.15) is 5.56 Å². The number of ketones is 2. The van der Waals surface area contributed by atoms with Crippen LogP contribution in [-0.2, 0) is 0 Å². The average Bonchev–Trinajstić information content (AvgIpc) is 2.83. The van der Waals surface area contributed by atoms with Crippen molar-refractivity contribution in [3.63, 3.8) is 0 Å². The van der Waals surface area contributed by atoms with Crippen LogP contribution in [0, 0.1) is 10.1 Å². The molecular formula is C18H13NO6. The van der Waals surface area contributed by atoms with Gasteiger partial charge >= 0.3 is 0 Å². The molecule has 0 aliphatic heterocycles. The fraction of sp³-hybridized carbons (Fsp3) is 0.111. The Balaban J connectivity index is 2.08. The molecule has 126 valence electrons. The van der Waals surface area contributed by atoms with E-state index in [1.807, 2.05) is 0 Å². The SMILES string of the molecule is CCOc1cc(/C=C2/C(=O)c3cccc([N+](=O)[O-])c3C2=O)ccc1O. The summed E-state index contributed by atoms with van der Waals surface area (Å²) in [5.41, 5.74) is -0.243. The van der Waals surface area contributed by atoms with Gasteiger partial charge in [0.15, 0.2) is 17.3 Å². The summed E-state index contributed by atoms with van der Waals surface area (Å²) < 4.78 is 5.27. The Kier molecular flexibility index (Phi) is 4.06. The summed E-state index contributed by atoms with van der Waals surface area (Å²) in [7, 11) is 0. The summed E-state index contributed by atoms with van der Waals surface area (Å²) in [4.78, 5) is 35.4. The number of carbonyl (C=O) groups is 2. The Hall–Kier alpha value is -3.48. The molecule has 1 aliphatic rings. The smallest absolute Gasteiger partial charge is 0.281 e. The maximum Gasteiger partial charge on any atom is 0.281 e. The number of fused-ring (bicyclic) bond motifs is 1. The normalized spacial score (nSPS) is 14.7. The molecule has 0 heterocycles. The highest BCUT2D eigenvalue weighted by atomic mass is 16.6. The molecule has 1 aliphatic carbocycles. The zero-order valence-corrected chi connectivity index (χ0v) is 13.2. The van der Waals surface area contributed by atoms with Crippen molar-refractivity contribution in [1.29, 1.82) is 0 Å². The summed E-state index contributed by atoms with van der Waals surface area (Å²) >= 11 is 0. The number of nitro groups is 1. The first kappa shape index (κ1) is 16.4. The number of carbonyl (C=O) groups excluding carboxylic acids is 2. The van der Waals surface area contributed by atoms with Crippen LogP contribution in [0.4, 0.5) is 5.69 Å². The fourth-order valence-electron chi connectivity index (χ4n) is 2.69. The van der Waals surface area contributed by atoms with E-state index in [2.05, 4.69) is 0 Å². The first-order valence-corrected chi connectivity index (χ1v) is 7.48. The van der Waals surface area contributed by atoms with E-state index in [-0.39, 0.29) is 33.9 Å². The molecule has 0 fully saturated rings. The summed E-state index contributed by atoms with van der Waals surface area (Å²) in [6, 6.07) is 8.36. The number of aromatic hydroxyl groups is 1. The van der Waals surface area contributed by atoms with Crippen LogP contribution >= 0.6 is 0 Å². The minimum absolute atomic E-state index is 0.0225. The van der Waals surface area contributed by atoms with Crippen molar-refractivity contribution < 1.29 is 24.4 Å². The van der Waals surface area contributed by atoms with Gasteiger partial charge in [-0.05, 0) is 36.8 Å². The van der Waals surface area contributed by atoms with Gasteiger partial charge in [0.05, 0.1) is 17.1 Å². The maximum atomic E-state index is 12.5. The molecule has 7 heteroatoms. The van der Waals surface area contributed by atoms with Crippen LogP contribution < -0.4 is 4.74 Å². The zero-order chi connectivity index (χ0) is 18.1. The Morgan fingerprint density at radius 3 is 2.64 bits per heavy atom. The minimum atomic E-state index is -0.682. The standard InChI is InChI=1S/C18H13NO6/c1-2-25-15-9-10(6-7-14(15)20)8-12-17(21)11-4-3-5-13(19(23)24)16(11)18(12)22/h3-9,20H,2H2,1H3/b12-8-. The van der Waals surface area contributed by atoms with Crippen molar-refractivity contribution in [3.05, 3.63) is 68.8 Å². The van der Waals surface area contributed by atoms with Crippen LogP contribution in [-0.4, -0.2) is 28.2 Å². The van der Waals surface area contributed by atoms with Gasteiger partial charge in [-0.25, -0.2) is 0 Å². The van der Waals surface area contributed by atoms with Gasteiger partial charge in [0, 0.05) is 11.6 Å². The van der Waals surface area contributed by atoms with Gasteiger partial charge < -0.3 is 9.84 Å². The number of rotatable bonds is 4. The maximum absolute atomic E-state index is 12.5. The van der Waals surface area contributed by atoms with E-state index < -0.39 is 16.5 Å².